The zero-order valence-corrected chi connectivity index (χ0v) is 6.55. The van der Waals surface area contributed by atoms with E-state index in [0.29, 0.717) is 0 Å². The number of aliphatic imine (C=N–C) groups is 1. The first-order valence-corrected chi connectivity index (χ1v) is 2.78. The molecule has 0 aliphatic rings. The summed E-state index contributed by atoms with van der Waals surface area (Å²) in [4.78, 5) is 5.72. The lowest BCUT2D eigenvalue weighted by Gasteiger charge is -2.04. The lowest BCUT2D eigenvalue weighted by molar-refractivity contribution is -0.470. The second-order valence-electron chi connectivity index (χ2n) is 2.25. The van der Waals surface area contributed by atoms with Crippen LogP contribution >= 0.6 is 0 Å². The van der Waals surface area contributed by atoms with Gasteiger partial charge in [0.25, 0.3) is 0 Å². The normalized spacial score (nSPS) is 8.44. The molecule has 0 atom stereocenters. The number of hydrogen-bond acceptors (Lipinski definition) is 0. The maximum Gasteiger partial charge on any atom is 0.387 e. The molecule has 0 saturated heterocycles. The standard InChI is InChI=1S/C6H14N3/c1-7-6(8(2)3)9(4)5/h1H2,2-5H3/q+1. The van der Waals surface area contributed by atoms with E-state index in [-0.39, 0.29) is 0 Å². The molecular formula is C6H14N3+. The van der Waals surface area contributed by atoms with E-state index in [2.05, 4.69) is 11.7 Å². The second-order valence-corrected chi connectivity index (χ2v) is 2.25. The minimum absolute atomic E-state index is 0.870. The highest BCUT2D eigenvalue weighted by atomic mass is 15.3. The van der Waals surface area contributed by atoms with Gasteiger partial charge in [-0.3, -0.25) is 9.48 Å². The Morgan fingerprint density at radius 2 is 1.89 bits per heavy atom. The SMILES string of the molecule is C=NC(N(C)C)=[N+](C)C. The van der Waals surface area contributed by atoms with Crippen molar-refractivity contribution in [3.8, 4) is 0 Å². The third kappa shape index (κ3) is 2.26. The Morgan fingerprint density at radius 1 is 1.44 bits per heavy atom. The molecule has 0 heterocycles. The zero-order chi connectivity index (χ0) is 7.44. The third-order valence-corrected chi connectivity index (χ3v) is 0.941. The van der Waals surface area contributed by atoms with Gasteiger partial charge in [-0.05, 0) is 0 Å². The molecule has 0 radical (unpaired) electrons. The Morgan fingerprint density at radius 3 is 1.89 bits per heavy atom. The van der Waals surface area contributed by atoms with Crippen LogP contribution in [0.15, 0.2) is 4.99 Å². The van der Waals surface area contributed by atoms with Gasteiger partial charge in [0, 0.05) is 0 Å². The highest BCUT2D eigenvalue weighted by molar-refractivity contribution is 5.79. The highest BCUT2D eigenvalue weighted by Gasteiger charge is 2.06. The predicted molar refractivity (Wildman–Crippen MR) is 40.4 cm³/mol. The van der Waals surface area contributed by atoms with E-state index in [0.717, 1.165) is 5.96 Å². The Hall–Kier alpha value is -0.860. The van der Waals surface area contributed by atoms with Crippen molar-refractivity contribution in [2.45, 2.75) is 0 Å². The maximum absolute atomic E-state index is 3.81. The summed E-state index contributed by atoms with van der Waals surface area (Å²) in [6, 6.07) is 0. The van der Waals surface area contributed by atoms with Crippen molar-refractivity contribution in [3.05, 3.63) is 0 Å². The Bertz CT molecular complexity index is 131. The molecule has 3 nitrogen and oxygen atoms in total. The van der Waals surface area contributed by atoms with Crippen LogP contribution in [0.5, 0.6) is 0 Å². The van der Waals surface area contributed by atoms with Crippen molar-refractivity contribution in [1.82, 2.24) is 4.90 Å². The number of nitrogens with zero attached hydrogens (tertiary/aromatic N) is 3. The van der Waals surface area contributed by atoms with E-state index in [1.165, 1.54) is 0 Å². The van der Waals surface area contributed by atoms with Gasteiger partial charge in [-0.15, -0.1) is 0 Å². The van der Waals surface area contributed by atoms with Crippen LogP contribution in [0.4, 0.5) is 0 Å². The summed E-state index contributed by atoms with van der Waals surface area (Å²) in [5, 5.41) is 0. The molecule has 0 amide bonds. The Labute approximate surface area is 56.3 Å². The molecule has 0 unspecified atom stereocenters. The summed E-state index contributed by atoms with van der Waals surface area (Å²) < 4.78 is 1.91. The van der Waals surface area contributed by atoms with Crippen molar-refractivity contribution in [3.63, 3.8) is 0 Å². The lowest BCUT2D eigenvalue weighted by Crippen LogP contribution is -2.27. The van der Waals surface area contributed by atoms with Gasteiger partial charge in [0.15, 0.2) is 0 Å². The monoisotopic (exact) mass is 128 g/mol. The second kappa shape index (κ2) is 3.22. The molecule has 52 valence electrons. The fraction of sp³-hybridized carbons (Fsp3) is 0.667. The van der Waals surface area contributed by atoms with Gasteiger partial charge in [-0.1, -0.05) is 4.99 Å². The molecule has 0 bridgehead atoms. The molecule has 0 aromatic heterocycles. The molecule has 0 aliphatic carbocycles. The molecule has 3 heteroatoms. The topological polar surface area (TPSA) is 18.6 Å². The number of rotatable bonds is 0. The summed E-state index contributed by atoms with van der Waals surface area (Å²) in [5.74, 6) is 0.870. The van der Waals surface area contributed by atoms with Crippen LogP contribution in [0.3, 0.4) is 0 Å². The van der Waals surface area contributed by atoms with Crippen molar-refractivity contribution < 1.29 is 4.58 Å². The largest absolute Gasteiger partial charge is 0.387 e. The predicted octanol–water partition coefficient (Wildman–Crippen LogP) is -0.123. The lowest BCUT2D eigenvalue weighted by atomic mass is 10.8. The van der Waals surface area contributed by atoms with Crippen LogP contribution in [-0.4, -0.2) is 50.3 Å². The van der Waals surface area contributed by atoms with E-state index in [1.807, 2.05) is 37.7 Å². The summed E-state index contributed by atoms with van der Waals surface area (Å²) in [6.45, 7) is 3.43. The molecule has 0 saturated carbocycles. The number of hydrogen-bond donors (Lipinski definition) is 0. The fourth-order valence-corrected chi connectivity index (χ4v) is 0.683. The van der Waals surface area contributed by atoms with Gasteiger partial charge < -0.3 is 0 Å². The van der Waals surface area contributed by atoms with Crippen molar-refractivity contribution >= 4 is 12.7 Å². The molecule has 0 spiro atoms. The molecule has 0 aromatic carbocycles. The molecule has 0 aliphatic heterocycles. The molecule has 0 fully saturated rings. The molecule has 9 heavy (non-hydrogen) atoms. The van der Waals surface area contributed by atoms with E-state index >= 15 is 0 Å². The molecule has 0 rings (SSSR count). The smallest absolute Gasteiger partial charge is 0.267 e. The minimum Gasteiger partial charge on any atom is -0.267 e. The van der Waals surface area contributed by atoms with Gasteiger partial charge in [-0.2, -0.15) is 0 Å². The zero-order valence-electron chi connectivity index (χ0n) is 6.55. The van der Waals surface area contributed by atoms with Gasteiger partial charge in [-0.25, -0.2) is 0 Å². The van der Waals surface area contributed by atoms with Gasteiger partial charge in [0.05, 0.1) is 34.9 Å². The van der Waals surface area contributed by atoms with Crippen LogP contribution < -0.4 is 0 Å². The van der Waals surface area contributed by atoms with Crippen LogP contribution in [0, 0.1) is 0 Å². The minimum atomic E-state index is 0.870. The van der Waals surface area contributed by atoms with Crippen LogP contribution in [0.1, 0.15) is 0 Å². The van der Waals surface area contributed by atoms with Crippen molar-refractivity contribution in [1.29, 1.82) is 0 Å². The quantitative estimate of drug-likeness (QED) is 0.253. The molecule has 0 aromatic rings. The average molecular weight is 128 g/mol. The first-order valence-electron chi connectivity index (χ1n) is 2.78. The van der Waals surface area contributed by atoms with Crippen molar-refractivity contribution in [2.75, 3.05) is 28.2 Å². The van der Waals surface area contributed by atoms with Gasteiger partial charge in [0.2, 0.25) is 0 Å². The summed E-state index contributed by atoms with van der Waals surface area (Å²) in [7, 11) is 7.74. The van der Waals surface area contributed by atoms with E-state index < -0.39 is 0 Å². The van der Waals surface area contributed by atoms with Crippen LogP contribution in [0.25, 0.3) is 0 Å². The first-order chi connectivity index (χ1) is 4.09. The Kier molecular flexibility index (Phi) is 2.91. The van der Waals surface area contributed by atoms with Crippen molar-refractivity contribution in [2.24, 2.45) is 4.99 Å². The van der Waals surface area contributed by atoms with Gasteiger partial charge in [0.1, 0.15) is 0 Å². The Balaban J connectivity index is 4.34. The summed E-state index contributed by atoms with van der Waals surface area (Å²) in [5.41, 5.74) is 0. The third-order valence-electron chi connectivity index (χ3n) is 0.941. The van der Waals surface area contributed by atoms with E-state index in [4.69, 9.17) is 0 Å². The highest BCUT2D eigenvalue weighted by Crippen LogP contribution is 1.80. The number of guanidine groups is 1. The average Bonchev–Trinajstić information content (AvgIpc) is 1.64. The van der Waals surface area contributed by atoms with Crippen LogP contribution in [0.2, 0.25) is 0 Å². The summed E-state index contributed by atoms with van der Waals surface area (Å²) in [6.07, 6.45) is 0. The van der Waals surface area contributed by atoms with Gasteiger partial charge >= 0.3 is 5.96 Å². The fourth-order valence-electron chi connectivity index (χ4n) is 0.683. The van der Waals surface area contributed by atoms with E-state index in [1.54, 1.807) is 0 Å². The molecule has 0 N–H and O–H groups in total. The summed E-state index contributed by atoms with van der Waals surface area (Å²) >= 11 is 0. The van der Waals surface area contributed by atoms with E-state index in [9.17, 15) is 0 Å². The maximum atomic E-state index is 3.81. The molecular weight excluding hydrogens is 114 g/mol. The van der Waals surface area contributed by atoms with Crippen LogP contribution in [-0.2, 0) is 0 Å². The first kappa shape index (κ1) is 8.14.